The molecule has 0 aliphatic carbocycles. The Labute approximate surface area is 174 Å². The summed E-state index contributed by atoms with van der Waals surface area (Å²) in [4.78, 5) is 23.9. The van der Waals surface area contributed by atoms with E-state index >= 15 is 0 Å². The predicted octanol–water partition coefficient (Wildman–Crippen LogP) is 2.05. The first-order valence-corrected chi connectivity index (χ1v) is 10.6. The topological polar surface area (TPSA) is 118 Å². The molecule has 8 nitrogen and oxygen atoms in total. The van der Waals surface area contributed by atoms with Gasteiger partial charge in [0.25, 0.3) is 11.8 Å². The fourth-order valence-electron chi connectivity index (χ4n) is 2.65. The molecule has 0 spiro atoms. The van der Waals surface area contributed by atoms with Crippen molar-refractivity contribution in [1.82, 2.24) is 15.4 Å². The van der Waals surface area contributed by atoms with Gasteiger partial charge in [-0.2, -0.15) is 0 Å². The summed E-state index contributed by atoms with van der Waals surface area (Å²) in [6.07, 6.45) is 1.47. The van der Waals surface area contributed by atoms with E-state index in [1.54, 1.807) is 43.4 Å². The van der Waals surface area contributed by atoms with Crippen LogP contribution in [0.25, 0.3) is 0 Å². The Hall–Kier alpha value is -3.43. The van der Waals surface area contributed by atoms with Gasteiger partial charge in [-0.25, -0.2) is 13.1 Å². The van der Waals surface area contributed by atoms with Crippen molar-refractivity contribution in [2.45, 2.75) is 18.0 Å². The van der Waals surface area contributed by atoms with Gasteiger partial charge in [-0.3, -0.25) is 9.59 Å². The highest BCUT2D eigenvalue weighted by Gasteiger charge is 2.15. The summed E-state index contributed by atoms with van der Waals surface area (Å²) in [6.45, 7) is 0.313. The van der Waals surface area contributed by atoms with Crippen molar-refractivity contribution in [3.05, 3.63) is 89.4 Å². The molecular weight excluding hydrogens is 406 g/mol. The molecule has 0 saturated carbocycles. The maximum Gasteiger partial charge on any atom is 0.251 e. The Morgan fingerprint density at radius 1 is 0.867 bits per heavy atom. The summed E-state index contributed by atoms with van der Waals surface area (Å²) in [5.74, 6) is -0.0184. The van der Waals surface area contributed by atoms with Crippen LogP contribution in [0, 0.1) is 0 Å². The van der Waals surface area contributed by atoms with Crippen LogP contribution in [0.1, 0.15) is 32.0 Å². The van der Waals surface area contributed by atoms with Crippen molar-refractivity contribution in [2.24, 2.45) is 0 Å². The molecule has 0 unspecified atom stereocenters. The first-order valence-electron chi connectivity index (χ1n) is 9.10. The second kappa shape index (κ2) is 9.38. The minimum Gasteiger partial charge on any atom is -0.468 e. The number of carbonyl (C=O) groups is 2. The van der Waals surface area contributed by atoms with Gasteiger partial charge in [-0.05, 0) is 54.1 Å². The van der Waals surface area contributed by atoms with Crippen molar-refractivity contribution >= 4 is 21.8 Å². The number of amides is 2. The third kappa shape index (κ3) is 5.34. The van der Waals surface area contributed by atoms with E-state index in [0.717, 1.165) is 5.56 Å². The molecule has 0 bridgehead atoms. The Morgan fingerprint density at radius 3 is 2.10 bits per heavy atom. The SMILES string of the molecule is CNC(=O)c1ccc(CNC(=O)c2ccc(S(=O)(=O)NCc3ccco3)cc2)cc1. The molecule has 0 saturated heterocycles. The lowest BCUT2D eigenvalue weighted by atomic mass is 10.1. The third-order valence-electron chi connectivity index (χ3n) is 4.34. The molecule has 3 rings (SSSR count). The molecule has 3 aromatic rings. The summed E-state index contributed by atoms with van der Waals surface area (Å²) in [7, 11) is -2.16. The standard InChI is InChI=1S/C21H21N3O5S/c1-22-20(25)16-6-4-15(5-7-16)13-23-21(26)17-8-10-19(11-9-17)30(27,28)24-14-18-3-2-12-29-18/h2-12,24H,13-14H2,1H3,(H,22,25)(H,23,26). The molecule has 30 heavy (non-hydrogen) atoms. The lowest BCUT2D eigenvalue weighted by Gasteiger charge is -2.08. The van der Waals surface area contributed by atoms with Gasteiger partial charge >= 0.3 is 0 Å². The summed E-state index contributed by atoms with van der Waals surface area (Å²) in [6, 6.07) is 15.9. The molecule has 0 aliphatic rings. The maximum absolute atomic E-state index is 12.3. The number of rotatable bonds is 8. The Kier molecular flexibility index (Phi) is 6.65. The lowest BCUT2D eigenvalue weighted by Crippen LogP contribution is -2.24. The Morgan fingerprint density at radius 2 is 1.50 bits per heavy atom. The van der Waals surface area contributed by atoms with Crippen LogP contribution in [-0.2, 0) is 23.1 Å². The summed E-state index contributed by atoms with van der Waals surface area (Å²) < 4.78 is 32.2. The molecule has 0 aliphatic heterocycles. The van der Waals surface area contributed by atoms with Gasteiger partial charge < -0.3 is 15.1 Å². The van der Waals surface area contributed by atoms with Crippen molar-refractivity contribution in [1.29, 1.82) is 0 Å². The highest BCUT2D eigenvalue weighted by molar-refractivity contribution is 7.89. The highest BCUT2D eigenvalue weighted by Crippen LogP contribution is 2.12. The third-order valence-corrected chi connectivity index (χ3v) is 5.76. The monoisotopic (exact) mass is 427 g/mol. The van der Waals surface area contributed by atoms with Gasteiger partial charge in [0.2, 0.25) is 10.0 Å². The van der Waals surface area contributed by atoms with E-state index in [4.69, 9.17) is 4.42 Å². The normalized spacial score (nSPS) is 11.1. The van der Waals surface area contributed by atoms with Gasteiger partial charge in [0.05, 0.1) is 17.7 Å². The van der Waals surface area contributed by atoms with Crippen LogP contribution in [0.4, 0.5) is 0 Å². The molecule has 1 heterocycles. The largest absolute Gasteiger partial charge is 0.468 e. The molecule has 3 N–H and O–H groups in total. The number of hydrogen-bond donors (Lipinski definition) is 3. The molecule has 0 atom stereocenters. The van der Waals surface area contributed by atoms with Gasteiger partial charge in [0.15, 0.2) is 0 Å². The van der Waals surface area contributed by atoms with Crippen LogP contribution in [0.15, 0.2) is 76.2 Å². The second-order valence-corrected chi connectivity index (χ2v) is 8.15. The van der Waals surface area contributed by atoms with Gasteiger partial charge in [0.1, 0.15) is 5.76 Å². The Balaban J connectivity index is 1.57. The van der Waals surface area contributed by atoms with Gasteiger partial charge in [-0.1, -0.05) is 12.1 Å². The Bertz CT molecular complexity index is 1110. The second-order valence-electron chi connectivity index (χ2n) is 6.39. The van der Waals surface area contributed by atoms with E-state index < -0.39 is 10.0 Å². The maximum atomic E-state index is 12.3. The van der Waals surface area contributed by atoms with E-state index in [9.17, 15) is 18.0 Å². The number of nitrogens with one attached hydrogen (secondary N) is 3. The number of carbonyl (C=O) groups excluding carboxylic acids is 2. The van der Waals surface area contributed by atoms with Crippen LogP contribution in [0.3, 0.4) is 0 Å². The van der Waals surface area contributed by atoms with Crippen molar-refractivity contribution in [3.63, 3.8) is 0 Å². The molecule has 9 heteroatoms. The minimum atomic E-state index is -3.72. The van der Waals surface area contributed by atoms with Crippen molar-refractivity contribution < 1.29 is 22.4 Å². The van der Waals surface area contributed by atoms with E-state index in [-0.39, 0.29) is 29.8 Å². The van der Waals surface area contributed by atoms with E-state index in [1.807, 2.05) is 0 Å². The van der Waals surface area contributed by atoms with Crippen LogP contribution in [-0.4, -0.2) is 27.3 Å². The molecule has 1 aromatic heterocycles. The van der Waals surface area contributed by atoms with E-state index in [1.165, 1.54) is 30.5 Å². The first kappa shape index (κ1) is 21.3. The molecule has 2 aromatic carbocycles. The van der Waals surface area contributed by atoms with Gasteiger partial charge in [0, 0.05) is 24.7 Å². The molecule has 2 amide bonds. The van der Waals surface area contributed by atoms with Crippen molar-refractivity contribution in [2.75, 3.05) is 7.05 Å². The fraction of sp³-hybridized carbons (Fsp3) is 0.143. The summed E-state index contributed by atoms with van der Waals surface area (Å²) >= 11 is 0. The number of furan rings is 1. The fourth-order valence-corrected chi connectivity index (χ4v) is 3.64. The van der Waals surface area contributed by atoms with E-state index in [0.29, 0.717) is 16.9 Å². The molecule has 0 radical (unpaired) electrons. The quantitative estimate of drug-likeness (QED) is 0.509. The van der Waals surface area contributed by atoms with E-state index in [2.05, 4.69) is 15.4 Å². The number of sulfonamides is 1. The summed E-state index contributed by atoms with van der Waals surface area (Å²) in [5.41, 5.74) is 1.70. The predicted molar refractivity (Wildman–Crippen MR) is 110 cm³/mol. The molecular formula is C21H21N3O5S. The molecule has 156 valence electrons. The van der Waals surface area contributed by atoms with Gasteiger partial charge in [-0.15, -0.1) is 0 Å². The van der Waals surface area contributed by atoms with Crippen LogP contribution >= 0.6 is 0 Å². The molecule has 0 fully saturated rings. The van der Waals surface area contributed by atoms with Crippen LogP contribution in [0.5, 0.6) is 0 Å². The zero-order chi connectivity index (χ0) is 21.6. The minimum absolute atomic E-state index is 0.0380. The van der Waals surface area contributed by atoms with Crippen molar-refractivity contribution in [3.8, 4) is 0 Å². The highest BCUT2D eigenvalue weighted by atomic mass is 32.2. The summed E-state index contributed by atoms with van der Waals surface area (Å²) in [5, 5.41) is 5.30. The van der Waals surface area contributed by atoms with Crippen LogP contribution < -0.4 is 15.4 Å². The number of benzene rings is 2. The average molecular weight is 427 g/mol. The zero-order valence-corrected chi connectivity index (χ0v) is 17.0. The average Bonchev–Trinajstić information content (AvgIpc) is 3.30. The van der Waals surface area contributed by atoms with Crippen LogP contribution in [0.2, 0.25) is 0 Å². The zero-order valence-electron chi connectivity index (χ0n) is 16.2. The number of hydrogen-bond acceptors (Lipinski definition) is 5. The lowest BCUT2D eigenvalue weighted by molar-refractivity contribution is 0.0946. The first-order chi connectivity index (χ1) is 14.4. The smallest absolute Gasteiger partial charge is 0.251 e.